The van der Waals surface area contributed by atoms with Crippen LogP contribution in [0.5, 0.6) is 0 Å². The minimum absolute atomic E-state index is 0.00237. The summed E-state index contributed by atoms with van der Waals surface area (Å²) >= 11 is 1.41. The molecule has 12 nitrogen and oxygen atoms in total. The molecule has 4 rings (SSSR count). The van der Waals surface area contributed by atoms with E-state index >= 15 is 0 Å². The molecule has 0 unspecified atom stereocenters. The smallest absolute Gasteiger partial charge is 0.280 e. The molecule has 2 saturated heterocycles. The molecule has 3 heterocycles. The molecule has 2 aromatic rings. The molecule has 2 aliphatic rings. The van der Waals surface area contributed by atoms with Gasteiger partial charge in [-0.1, -0.05) is 24.2 Å². The van der Waals surface area contributed by atoms with Crippen molar-refractivity contribution in [3.05, 3.63) is 40.9 Å². The molecule has 214 valence electrons. The molecule has 0 bridgehead atoms. The number of piperazine rings is 1. The van der Waals surface area contributed by atoms with E-state index in [9.17, 15) is 18.3 Å². The summed E-state index contributed by atoms with van der Waals surface area (Å²) in [6.45, 7) is 7.37. The third-order valence-electron chi connectivity index (χ3n) is 6.61. The van der Waals surface area contributed by atoms with Gasteiger partial charge in [-0.15, -0.1) is 11.3 Å². The highest BCUT2D eigenvalue weighted by molar-refractivity contribution is 7.89. The van der Waals surface area contributed by atoms with Crippen molar-refractivity contribution >= 4 is 38.1 Å². The van der Waals surface area contributed by atoms with Gasteiger partial charge in [-0.25, -0.2) is 13.4 Å². The predicted octanol–water partition coefficient (Wildman–Crippen LogP) is 1.04. The van der Waals surface area contributed by atoms with Crippen LogP contribution in [-0.4, -0.2) is 116 Å². The SMILES string of the molecule is CCN(CCO)S(=O)(=O)c1ccc(C(=NO[C@@H]2CCOC2)C(=O)Nc2ncc(CN3CCN(C)CC3)s2)cc1. The number of aliphatic hydroxyl groups excluding tert-OH is 1. The van der Waals surface area contributed by atoms with Gasteiger partial charge in [0.05, 0.1) is 24.7 Å². The first-order valence-electron chi connectivity index (χ1n) is 13.0. The number of nitrogens with one attached hydrogen (secondary N) is 1. The fourth-order valence-corrected chi connectivity index (χ4v) is 6.55. The molecule has 1 amide bonds. The second-order valence-corrected chi connectivity index (χ2v) is 12.5. The lowest BCUT2D eigenvalue weighted by Gasteiger charge is -2.31. The van der Waals surface area contributed by atoms with Crippen LogP contribution in [0, 0.1) is 0 Å². The van der Waals surface area contributed by atoms with Gasteiger partial charge in [-0.2, -0.15) is 4.31 Å². The number of likely N-dealkylation sites (N-methyl/N-ethyl adjacent to an activating group) is 2. The number of sulfonamides is 1. The number of ether oxygens (including phenoxy) is 1. The Morgan fingerprint density at radius 3 is 2.67 bits per heavy atom. The predicted molar refractivity (Wildman–Crippen MR) is 148 cm³/mol. The van der Waals surface area contributed by atoms with E-state index < -0.39 is 15.9 Å². The maximum absolute atomic E-state index is 13.3. The van der Waals surface area contributed by atoms with Crippen molar-refractivity contribution in [3.8, 4) is 0 Å². The van der Waals surface area contributed by atoms with Gasteiger partial charge in [0.2, 0.25) is 10.0 Å². The number of benzene rings is 1. The van der Waals surface area contributed by atoms with Crippen LogP contribution < -0.4 is 5.32 Å². The third kappa shape index (κ3) is 7.81. The van der Waals surface area contributed by atoms with Crippen molar-refractivity contribution in [1.29, 1.82) is 0 Å². The minimum Gasteiger partial charge on any atom is -0.395 e. The van der Waals surface area contributed by atoms with E-state index in [1.165, 1.54) is 39.9 Å². The lowest BCUT2D eigenvalue weighted by atomic mass is 10.1. The number of oxime groups is 1. The highest BCUT2D eigenvalue weighted by Gasteiger charge is 2.25. The molecule has 2 aliphatic heterocycles. The number of rotatable bonds is 12. The fraction of sp³-hybridized carbons (Fsp3) is 0.560. The molecule has 1 atom stereocenters. The molecule has 0 spiro atoms. The van der Waals surface area contributed by atoms with Gasteiger partial charge in [0.15, 0.2) is 16.9 Å². The zero-order valence-corrected chi connectivity index (χ0v) is 23.9. The highest BCUT2D eigenvalue weighted by atomic mass is 32.2. The summed E-state index contributed by atoms with van der Waals surface area (Å²) in [7, 11) is -1.68. The van der Waals surface area contributed by atoms with Crippen molar-refractivity contribution in [2.75, 3.05) is 71.5 Å². The van der Waals surface area contributed by atoms with E-state index in [2.05, 4.69) is 32.3 Å². The van der Waals surface area contributed by atoms with Gasteiger partial charge in [0.25, 0.3) is 5.91 Å². The van der Waals surface area contributed by atoms with Crippen LogP contribution in [-0.2, 0) is 30.9 Å². The van der Waals surface area contributed by atoms with Crippen LogP contribution in [0.3, 0.4) is 0 Å². The summed E-state index contributed by atoms with van der Waals surface area (Å²) in [5.41, 5.74) is 0.397. The van der Waals surface area contributed by atoms with Crippen LogP contribution in [0.1, 0.15) is 23.8 Å². The number of hydrogen-bond acceptors (Lipinski definition) is 11. The van der Waals surface area contributed by atoms with Gasteiger partial charge in [0.1, 0.15) is 0 Å². The van der Waals surface area contributed by atoms with Gasteiger partial charge in [0, 0.05) is 68.9 Å². The Balaban J connectivity index is 1.49. The number of carbonyl (C=O) groups excluding carboxylic acids is 1. The molecular weight excluding hydrogens is 544 g/mol. The standard InChI is InChI=1S/C25H36N6O6S2/c1-3-31(13-14-32)39(34,35)22-6-4-19(5-7-22)23(28-37-20-8-15-36-18-20)24(33)27-25-26-16-21(38-25)17-30-11-9-29(2)10-12-30/h4-7,16,20,32H,3,8-15,17-18H2,1-2H3,(H,26,27,33)/t20-/m1/s1. The van der Waals surface area contributed by atoms with E-state index in [1.54, 1.807) is 13.1 Å². The van der Waals surface area contributed by atoms with Gasteiger partial charge in [-0.3, -0.25) is 15.0 Å². The molecule has 0 saturated carbocycles. The van der Waals surface area contributed by atoms with Gasteiger partial charge >= 0.3 is 0 Å². The Hall–Kier alpha value is -2.46. The largest absolute Gasteiger partial charge is 0.395 e. The van der Waals surface area contributed by atoms with Crippen molar-refractivity contribution in [1.82, 2.24) is 19.1 Å². The number of thiazole rings is 1. The Kier molecular flexibility index (Phi) is 10.4. The molecule has 1 aromatic heterocycles. The highest BCUT2D eigenvalue weighted by Crippen LogP contribution is 2.22. The van der Waals surface area contributed by atoms with Crippen molar-refractivity contribution < 1.29 is 27.9 Å². The topological polar surface area (TPSA) is 137 Å². The zero-order valence-electron chi connectivity index (χ0n) is 22.3. The fourth-order valence-electron chi connectivity index (χ4n) is 4.26. The van der Waals surface area contributed by atoms with Crippen LogP contribution in [0.4, 0.5) is 5.13 Å². The molecule has 1 aromatic carbocycles. The summed E-state index contributed by atoms with van der Waals surface area (Å²) in [5, 5.41) is 16.6. The molecule has 0 aliphatic carbocycles. The second kappa shape index (κ2) is 13.7. The summed E-state index contributed by atoms with van der Waals surface area (Å²) < 4.78 is 32.4. The summed E-state index contributed by atoms with van der Waals surface area (Å²) in [5.74, 6) is -0.513. The number of aromatic nitrogens is 1. The van der Waals surface area contributed by atoms with Crippen LogP contribution in [0.2, 0.25) is 0 Å². The van der Waals surface area contributed by atoms with Crippen molar-refractivity contribution in [2.24, 2.45) is 5.16 Å². The van der Waals surface area contributed by atoms with E-state index in [0.717, 1.165) is 37.6 Å². The molecular formula is C25H36N6O6S2. The molecule has 2 fully saturated rings. The summed E-state index contributed by atoms with van der Waals surface area (Å²) in [4.78, 5) is 29.0. The monoisotopic (exact) mass is 580 g/mol. The first kappa shape index (κ1) is 29.5. The van der Waals surface area contributed by atoms with Gasteiger partial charge in [-0.05, 0) is 19.2 Å². The quantitative estimate of drug-likeness (QED) is 0.279. The number of hydrogen-bond donors (Lipinski definition) is 2. The maximum Gasteiger partial charge on any atom is 0.280 e. The number of carbonyl (C=O) groups is 1. The third-order valence-corrected chi connectivity index (χ3v) is 9.50. The van der Waals surface area contributed by atoms with E-state index in [-0.39, 0.29) is 36.4 Å². The maximum atomic E-state index is 13.3. The van der Waals surface area contributed by atoms with Crippen LogP contribution >= 0.6 is 11.3 Å². The first-order chi connectivity index (χ1) is 18.8. The average molecular weight is 581 g/mol. The van der Waals surface area contributed by atoms with Crippen molar-refractivity contribution in [3.63, 3.8) is 0 Å². The Morgan fingerprint density at radius 1 is 1.28 bits per heavy atom. The molecule has 14 heteroatoms. The molecule has 39 heavy (non-hydrogen) atoms. The Labute approximate surface area is 233 Å². The Bertz CT molecular complexity index is 1220. The minimum atomic E-state index is -3.79. The zero-order chi connectivity index (χ0) is 27.8. The van der Waals surface area contributed by atoms with Crippen LogP contribution in [0.15, 0.2) is 40.5 Å². The lowest BCUT2D eigenvalue weighted by molar-refractivity contribution is -0.110. The van der Waals surface area contributed by atoms with E-state index in [4.69, 9.17) is 9.57 Å². The van der Waals surface area contributed by atoms with E-state index in [0.29, 0.717) is 30.3 Å². The van der Waals surface area contributed by atoms with E-state index in [1.807, 2.05) is 0 Å². The van der Waals surface area contributed by atoms with Gasteiger partial charge < -0.3 is 19.6 Å². The summed E-state index contributed by atoms with van der Waals surface area (Å²) in [6, 6.07) is 5.88. The number of anilines is 1. The van der Waals surface area contributed by atoms with Crippen LogP contribution in [0.25, 0.3) is 0 Å². The average Bonchev–Trinajstić information content (AvgIpc) is 3.61. The number of amides is 1. The summed E-state index contributed by atoms with van der Waals surface area (Å²) in [6.07, 6.45) is 2.17. The normalized spacial score (nSPS) is 19.5. The Morgan fingerprint density at radius 2 is 2.03 bits per heavy atom. The first-order valence-corrected chi connectivity index (χ1v) is 15.3. The van der Waals surface area contributed by atoms with Crippen molar-refractivity contribution in [2.45, 2.75) is 30.9 Å². The molecule has 0 radical (unpaired) electrons. The number of aliphatic hydroxyl groups is 1. The molecule has 2 N–H and O–H groups in total. The lowest BCUT2D eigenvalue weighted by Crippen LogP contribution is -2.43. The second-order valence-electron chi connectivity index (χ2n) is 9.44. The number of nitrogens with zero attached hydrogens (tertiary/aromatic N) is 5.